The fraction of sp³-hybridized carbons (Fsp3) is 1.00. The molecule has 0 spiro atoms. The molecule has 0 aliphatic carbocycles. The van der Waals surface area contributed by atoms with Gasteiger partial charge in [0.15, 0.2) is 0 Å². The van der Waals surface area contributed by atoms with E-state index in [-0.39, 0.29) is 56.6 Å². The van der Waals surface area contributed by atoms with Gasteiger partial charge >= 0.3 is 56.6 Å². The van der Waals surface area contributed by atoms with Crippen LogP contribution in [0.2, 0.25) is 0 Å². The quantitative estimate of drug-likeness (QED) is 0.395. The maximum absolute atomic E-state index is 10.1. The Morgan fingerprint density at radius 1 is 0.389 bits per heavy atom. The molecule has 0 aliphatic rings. The molecule has 0 bridgehead atoms. The third kappa shape index (κ3) is 1760. The second-order valence-corrected chi connectivity index (χ2v) is 6.34. The second-order valence-electron chi connectivity index (χ2n) is 6.34. The van der Waals surface area contributed by atoms with Crippen LogP contribution in [-0.2, 0) is 0 Å². The van der Waals surface area contributed by atoms with Gasteiger partial charge in [-0.15, -0.1) is 16.8 Å². The first-order chi connectivity index (χ1) is 6.00. The van der Waals surface area contributed by atoms with Crippen molar-refractivity contribution in [2.75, 3.05) is 0 Å². The molecule has 0 saturated carbocycles. The van der Waals surface area contributed by atoms with Crippen LogP contribution >= 0.6 is 0 Å². The van der Waals surface area contributed by atoms with E-state index in [0.717, 1.165) is 0 Å². The smallest absolute Gasteiger partial charge is 0.850 e. The molecule has 0 atom stereocenters. The fourth-order valence-corrected chi connectivity index (χ4v) is 0. The molecule has 0 heterocycles. The monoisotopic (exact) mass is 240 g/mol. The average molecular weight is 240 g/mol. The van der Waals surface area contributed by atoms with E-state index in [0.29, 0.717) is 0 Å². The molecule has 0 rings (SSSR count). The standard InChI is InChI=1S/3C4H9O.3Li/c3*1-4(2,3)5;;;/h3*1-3H3;;;/q3*-1;3*+1. The largest absolute Gasteiger partial charge is 1.00 e. The third-order valence-corrected chi connectivity index (χ3v) is 0. The molecule has 0 aromatic carbocycles. The van der Waals surface area contributed by atoms with Gasteiger partial charge in [-0.3, -0.25) is 0 Å². The normalized spacial score (nSPS) is 10.0. The van der Waals surface area contributed by atoms with Gasteiger partial charge in [-0.2, -0.15) is 0 Å². The molecule has 0 aromatic rings. The molecule has 0 N–H and O–H groups in total. The van der Waals surface area contributed by atoms with Crippen LogP contribution in [0.5, 0.6) is 0 Å². The van der Waals surface area contributed by atoms with E-state index in [1.807, 2.05) is 0 Å². The minimum absolute atomic E-state index is 0. The molecule has 96 valence electrons. The summed E-state index contributed by atoms with van der Waals surface area (Å²) in [7, 11) is 0. The summed E-state index contributed by atoms with van der Waals surface area (Å²) < 4.78 is 0. The van der Waals surface area contributed by atoms with E-state index < -0.39 is 16.8 Å². The molecule has 0 saturated heterocycles. The van der Waals surface area contributed by atoms with Gasteiger partial charge in [0.1, 0.15) is 0 Å². The van der Waals surface area contributed by atoms with Gasteiger partial charge in [-0.1, -0.05) is 62.3 Å². The van der Waals surface area contributed by atoms with Crippen molar-refractivity contribution in [3.8, 4) is 0 Å². The Morgan fingerprint density at radius 3 is 0.389 bits per heavy atom. The average Bonchev–Trinajstić information content (AvgIpc) is 1.41. The number of hydrogen-bond donors (Lipinski definition) is 0. The Bertz CT molecular complexity index is 97.6. The molecule has 0 radical (unpaired) electrons. The van der Waals surface area contributed by atoms with Crippen LogP contribution in [0.4, 0.5) is 0 Å². The summed E-state index contributed by atoms with van der Waals surface area (Å²) in [5.41, 5.74) is -2.25. The van der Waals surface area contributed by atoms with E-state index in [1.54, 1.807) is 62.3 Å². The zero-order valence-electron chi connectivity index (χ0n) is 14.7. The van der Waals surface area contributed by atoms with Crippen LogP contribution in [0.1, 0.15) is 62.3 Å². The summed E-state index contributed by atoms with van der Waals surface area (Å²) in [6.07, 6.45) is 0. The Hall–Kier alpha value is 1.67. The van der Waals surface area contributed by atoms with Crippen molar-refractivity contribution < 1.29 is 71.9 Å². The van der Waals surface area contributed by atoms with Gasteiger partial charge in [0.05, 0.1) is 0 Å². The maximum Gasteiger partial charge on any atom is 1.00 e. The molecule has 3 nitrogen and oxygen atoms in total. The zero-order chi connectivity index (χ0) is 13.5. The third-order valence-electron chi connectivity index (χ3n) is 0. The molecule has 0 fully saturated rings. The maximum atomic E-state index is 10.1. The van der Waals surface area contributed by atoms with E-state index in [1.165, 1.54) is 0 Å². The fourth-order valence-electron chi connectivity index (χ4n) is 0. The second kappa shape index (κ2) is 15.1. The van der Waals surface area contributed by atoms with Crippen LogP contribution in [0.3, 0.4) is 0 Å². The Morgan fingerprint density at radius 2 is 0.389 bits per heavy atom. The van der Waals surface area contributed by atoms with Gasteiger partial charge in [0.2, 0.25) is 0 Å². The molecule has 6 heteroatoms. The van der Waals surface area contributed by atoms with Crippen molar-refractivity contribution in [1.82, 2.24) is 0 Å². The molecule has 0 unspecified atom stereocenters. The van der Waals surface area contributed by atoms with Gasteiger partial charge < -0.3 is 15.3 Å². The van der Waals surface area contributed by atoms with Crippen molar-refractivity contribution in [2.45, 2.75) is 79.1 Å². The van der Waals surface area contributed by atoms with Crippen LogP contribution < -0.4 is 71.9 Å². The van der Waals surface area contributed by atoms with E-state index >= 15 is 0 Å². The first-order valence-electron chi connectivity index (χ1n) is 5.11. The number of rotatable bonds is 0. The van der Waals surface area contributed by atoms with Crippen LogP contribution in [-0.4, -0.2) is 16.8 Å². The van der Waals surface area contributed by atoms with Crippen molar-refractivity contribution in [3.63, 3.8) is 0 Å². The minimum atomic E-state index is -0.750. The van der Waals surface area contributed by atoms with E-state index in [4.69, 9.17) is 0 Å². The summed E-state index contributed by atoms with van der Waals surface area (Å²) in [4.78, 5) is 0. The molecule has 0 amide bonds. The van der Waals surface area contributed by atoms with Crippen molar-refractivity contribution in [1.29, 1.82) is 0 Å². The van der Waals surface area contributed by atoms with Crippen molar-refractivity contribution in [3.05, 3.63) is 0 Å². The van der Waals surface area contributed by atoms with Gasteiger partial charge in [0.25, 0.3) is 0 Å². The van der Waals surface area contributed by atoms with Crippen molar-refractivity contribution in [2.24, 2.45) is 0 Å². The van der Waals surface area contributed by atoms with E-state index in [9.17, 15) is 15.3 Å². The summed E-state index contributed by atoms with van der Waals surface area (Å²) >= 11 is 0. The molecular weight excluding hydrogens is 213 g/mol. The van der Waals surface area contributed by atoms with Gasteiger partial charge in [0, 0.05) is 0 Å². The summed E-state index contributed by atoms with van der Waals surface area (Å²) in [5.74, 6) is 0. The topological polar surface area (TPSA) is 69.2 Å². The molecular formula is C12H27Li3O3. The van der Waals surface area contributed by atoms with E-state index in [2.05, 4.69) is 0 Å². The van der Waals surface area contributed by atoms with Crippen LogP contribution in [0.15, 0.2) is 0 Å². The minimum Gasteiger partial charge on any atom is -0.850 e. The number of hydrogen-bond acceptors (Lipinski definition) is 3. The van der Waals surface area contributed by atoms with Crippen molar-refractivity contribution >= 4 is 0 Å². The van der Waals surface area contributed by atoms with Gasteiger partial charge in [-0.25, -0.2) is 0 Å². The summed E-state index contributed by atoms with van der Waals surface area (Å²) in [6, 6.07) is 0. The predicted octanol–water partition coefficient (Wildman–Crippen LogP) is -8.55. The molecule has 18 heavy (non-hydrogen) atoms. The van der Waals surface area contributed by atoms with Crippen LogP contribution in [0.25, 0.3) is 0 Å². The summed E-state index contributed by atoms with van der Waals surface area (Å²) in [6.45, 7) is 14.7. The Balaban J connectivity index is -0.0000000277. The SMILES string of the molecule is CC(C)(C)[O-].CC(C)(C)[O-].CC(C)(C)[O-].[Li+].[Li+].[Li+]. The summed E-state index contributed by atoms with van der Waals surface area (Å²) in [5, 5.41) is 30.3. The predicted molar refractivity (Wildman–Crippen MR) is 59.3 cm³/mol. The van der Waals surface area contributed by atoms with Gasteiger partial charge in [-0.05, 0) is 0 Å². The Labute approximate surface area is 150 Å². The molecule has 0 aliphatic heterocycles. The first kappa shape index (κ1) is 36.7. The zero-order valence-corrected chi connectivity index (χ0v) is 14.7. The Kier molecular flexibility index (Phi) is 30.7. The first-order valence-corrected chi connectivity index (χ1v) is 5.11. The van der Waals surface area contributed by atoms with Crippen LogP contribution in [0, 0.1) is 0 Å². The molecule has 0 aromatic heterocycles.